The number of hydrogen-bond acceptors (Lipinski definition) is 7. The zero-order chi connectivity index (χ0) is 28.5. The van der Waals surface area contributed by atoms with Gasteiger partial charge in [-0.15, -0.1) is 0 Å². The van der Waals surface area contributed by atoms with Gasteiger partial charge < -0.3 is 29.0 Å². The molecule has 1 aliphatic rings. The van der Waals surface area contributed by atoms with Gasteiger partial charge in [0.1, 0.15) is 11.7 Å². The summed E-state index contributed by atoms with van der Waals surface area (Å²) in [6.07, 6.45) is 1.91. The van der Waals surface area contributed by atoms with Crippen molar-refractivity contribution in [1.82, 2.24) is 5.32 Å². The first-order valence-electron chi connectivity index (χ1n) is 13.8. The molecule has 1 saturated heterocycles. The Hall–Kier alpha value is -2.48. The van der Waals surface area contributed by atoms with E-state index in [4.69, 9.17) is 23.7 Å². The summed E-state index contributed by atoms with van der Waals surface area (Å²) in [4.78, 5) is 25.4. The van der Waals surface area contributed by atoms with Crippen molar-refractivity contribution < 1.29 is 33.3 Å². The molecule has 1 aliphatic heterocycles. The minimum absolute atomic E-state index is 0.167. The molecule has 0 radical (unpaired) electrons. The number of nitrogens with one attached hydrogen (secondary N) is 1. The average molecular weight is 536 g/mol. The third kappa shape index (κ3) is 10.0. The molecule has 1 amide bonds. The highest BCUT2D eigenvalue weighted by molar-refractivity contribution is 5.75. The molecule has 1 aromatic carbocycles. The standard InChI is InChI=1S/C30H49NO7/c1-19(2)22(15-21-11-12-25(35-9)27(16-21)36-14-10-13-34-8)17-24(31-29(33)38-30(5,6)7)26-18-23(20(3)4)28(32)37-26/h11-12,16,19-20,22-24,26H,10,13-15,17-18H2,1-9H3,(H,31,33)/t22-,23?,24-,26?/m0/s1. The number of esters is 1. The maximum absolute atomic E-state index is 12.8. The molecule has 1 fully saturated rings. The molecule has 2 rings (SSSR count). The smallest absolute Gasteiger partial charge is 0.408 e. The summed E-state index contributed by atoms with van der Waals surface area (Å²) in [6.45, 7) is 15.1. The van der Waals surface area contributed by atoms with E-state index in [0.29, 0.717) is 43.5 Å². The molecule has 38 heavy (non-hydrogen) atoms. The van der Waals surface area contributed by atoms with Crippen LogP contribution in [0.15, 0.2) is 18.2 Å². The molecular weight excluding hydrogens is 486 g/mol. The highest BCUT2D eigenvalue weighted by atomic mass is 16.6. The van der Waals surface area contributed by atoms with E-state index in [1.165, 1.54) is 0 Å². The third-order valence-electron chi connectivity index (χ3n) is 6.99. The number of cyclic esters (lactones) is 1. The largest absolute Gasteiger partial charge is 0.493 e. The second kappa shape index (κ2) is 14.6. The normalized spacial score (nSPS) is 19.3. The molecule has 0 spiro atoms. The molecule has 2 unspecified atom stereocenters. The predicted molar refractivity (Wildman–Crippen MR) is 148 cm³/mol. The van der Waals surface area contributed by atoms with Gasteiger partial charge in [0.25, 0.3) is 0 Å². The fourth-order valence-electron chi connectivity index (χ4n) is 4.75. The van der Waals surface area contributed by atoms with Gasteiger partial charge in [-0.25, -0.2) is 4.79 Å². The number of alkyl carbamates (subject to hydrolysis) is 1. The minimum Gasteiger partial charge on any atom is -0.493 e. The maximum Gasteiger partial charge on any atom is 0.408 e. The number of carbonyl (C=O) groups is 2. The Labute approximate surface area is 229 Å². The van der Waals surface area contributed by atoms with Crippen molar-refractivity contribution in [3.05, 3.63) is 23.8 Å². The van der Waals surface area contributed by atoms with E-state index in [-0.39, 0.29) is 35.9 Å². The maximum atomic E-state index is 12.8. The quantitative estimate of drug-likeness (QED) is 0.238. The summed E-state index contributed by atoms with van der Waals surface area (Å²) in [6, 6.07) is 5.66. The summed E-state index contributed by atoms with van der Waals surface area (Å²) in [7, 11) is 3.31. The van der Waals surface area contributed by atoms with Crippen molar-refractivity contribution in [3.8, 4) is 11.5 Å². The Bertz CT molecular complexity index is 893. The van der Waals surface area contributed by atoms with Gasteiger partial charge in [-0.05, 0) is 75.5 Å². The van der Waals surface area contributed by atoms with Gasteiger partial charge in [-0.2, -0.15) is 0 Å². The van der Waals surface area contributed by atoms with Crippen LogP contribution in [0.1, 0.15) is 73.3 Å². The highest BCUT2D eigenvalue weighted by Gasteiger charge is 2.42. The third-order valence-corrected chi connectivity index (χ3v) is 6.99. The van der Waals surface area contributed by atoms with Crippen molar-refractivity contribution in [1.29, 1.82) is 0 Å². The zero-order valence-electron chi connectivity index (χ0n) is 24.8. The summed E-state index contributed by atoms with van der Waals surface area (Å²) in [5.74, 6) is 1.75. The Morgan fingerprint density at radius 3 is 2.37 bits per heavy atom. The van der Waals surface area contributed by atoms with Gasteiger partial charge in [-0.1, -0.05) is 33.8 Å². The first kappa shape index (κ1) is 31.7. The van der Waals surface area contributed by atoms with Crippen LogP contribution < -0.4 is 14.8 Å². The lowest BCUT2D eigenvalue weighted by Crippen LogP contribution is -2.47. The van der Waals surface area contributed by atoms with Gasteiger partial charge in [0.05, 0.1) is 25.7 Å². The van der Waals surface area contributed by atoms with Crippen molar-refractivity contribution in [2.75, 3.05) is 27.4 Å². The molecule has 1 aromatic rings. The van der Waals surface area contributed by atoms with E-state index in [1.807, 2.05) is 46.8 Å². The van der Waals surface area contributed by atoms with Crippen molar-refractivity contribution in [2.24, 2.45) is 23.7 Å². The zero-order valence-corrected chi connectivity index (χ0v) is 24.8. The van der Waals surface area contributed by atoms with Crippen LogP contribution >= 0.6 is 0 Å². The molecule has 8 nitrogen and oxygen atoms in total. The number of ether oxygens (including phenoxy) is 5. The van der Waals surface area contributed by atoms with E-state index in [0.717, 1.165) is 18.4 Å². The molecule has 8 heteroatoms. The first-order chi connectivity index (χ1) is 17.8. The predicted octanol–water partition coefficient (Wildman–Crippen LogP) is 5.80. The van der Waals surface area contributed by atoms with Crippen LogP contribution in [0.5, 0.6) is 11.5 Å². The SMILES string of the molecule is COCCCOc1cc(C[C@@H](C[C@H](NC(=O)OC(C)(C)C)C2CC(C(C)C)C(=O)O2)C(C)C)ccc1OC. The van der Waals surface area contributed by atoms with E-state index in [2.05, 4.69) is 25.2 Å². The van der Waals surface area contributed by atoms with Crippen LogP contribution in [-0.4, -0.2) is 57.2 Å². The lowest BCUT2D eigenvalue weighted by atomic mass is 9.81. The summed E-state index contributed by atoms with van der Waals surface area (Å²) in [5, 5.41) is 3.04. The number of methoxy groups -OCH3 is 2. The van der Waals surface area contributed by atoms with Crippen molar-refractivity contribution in [3.63, 3.8) is 0 Å². The summed E-state index contributed by atoms with van der Waals surface area (Å²) in [5.41, 5.74) is 0.493. The Balaban J connectivity index is 2.23. The Morgan fingerprint density at radius 1 is 1.11 bits per heavy atom. The number of carbonyl (C=O) groups excluding carboxylic acids is 2. The van der Waals surface area contributed by atoms with E-state index in [9.17, 15) is 9.59 Å². The van der Waals surface area contributed by atoms with Gasteiger partial charge >= 0.3 is 12.1 Å². The topological polar surface area (TPSA) is 92.3 Å². The van der Waals surface area contributed by atoms with E-state index < -0.39 is 11.7 Å². The molecule has 216 valence electrons. The lowest BCUT2D eigenvalue weighted by molar-refractivity contribution is -0.146. The van der Waals surface area contributed by atoms with Crippen molar-refractivity contribution in [2.45, 2.75) is 91.9 Å². The van der Waals surface area contributed by atoms with Crippen LogP contribution in [0.3, 0.4) is 0 Å². The molecule has 0 saturated carbocycles. The van der Waals surface area contributed by atoms with Gasteiger partial charge in [0, 0.05) is 20.1 Å². The Kier molecular flexibility index (Phi) is 12.2. The summed E-state index contributed by atoms with van der Waals surface area (Å²) >= 11 is 0. The molecule has 0 aliphatic carbocycles. The van der Waals surface area contributed by atoms with Gasteiger partial charge in [-0.3, -0.25) is 4.79 Å². The second-order valence-corrected chi connectivity index (χ2v) is 11.9. The molecule has 1 N–H and O–H groups in total. The van der Waals surface area contributed by atoms with Gasteiger partial charge in [0.15, 0.2) is 11.5 Å². The van der Waals surface area contributed by atoms with Crippen LogP contribution in [0.4, 0.5) is 4.79 Å². The molecular formula is C30H49NO7. The fourth-order valence-corrected chi connectivity index (χ4v) is 4.75. The van der Waals surface area contributed by atoms with Crippen LogP contribution in [-0.2, 0) is 25.4 Å². The second-order valence-electron chi connectivity index (χ2n) is 11.9. The van der Waals surface area contributed by atoms with Gasteiger partial charge in [0.2, 0.25) is 0 Å². The molecule has 4 atom stereocenters. The van der Waals surface area contributed by atoms with E-state index in [1.54, 1.807) is 14.2 Å². The first-order valence-corrected chi connectivity index (χ1v) is 13.8. The number of hydrogen-bond donors (Lipinski definition) is 1. The summed E-state index contributed by atoms with van der Waals surface area (Å²) < 4.78 is 28.0. The number of benzene rings is 1. The average Bonchev–Trinajstić information content (AvgIpc) is 3.21. The van der Waals surface area contributed by atoms with Crippen LogP contribution in [0.25, 0.3) is 0 Å². The van der Waals surface area contributed by atoms with E-state index >= 15 is 0 Å². The molecule has 0 bridgehead atoms. The number of rotatable bonds is 14. The van der Waals surface area contributed by atoms with Crippen molar-refractivity contribution >= 4 is 12.1 Å². The highest BCUT2D eigenvalue weighted by Crippen LogP contribution is 2.34. The van der Waals surface area contributed by atoms with Crippen LogP contribution in [0, 0.1) is 23.7 Å². The lowest BCUT2D eigenvalue weighted by Gasteiger charge is -2.31. The fraction of sp³-hybridized carbons (Fsp3) is 0.733. The minimum atomic E-state index is -0.623. The monoisotopic (exact) mass is 535 g/mol. The Morgan fingerprint density at radius 2 is 1.82 bits per heavy atom. The number of amides is 1. The van der Waals surface area contributed by atoms with Crippen LogP contribution in [0.2, 0.25) is 0 Å². The molecule has 1 heterocycles. The molecule has 0 aromatic heterocycles.